The van der Waals surface area contributed by atoms with Crippen molar-refractivity contribution in [2.75, 3.05) is 11.9 Å². The van der Waals surface area contributed by atoms with Gasteiger partial charge in [-0.15, -0.1) is 5.10 Å². The molecule has 0 radical (unpaired) electrons. The lowest BCUT2D eigenvalue weighted by Gasteiger charge is -2.01. The SMILES string of the molecule is c1cc(CCNc2nn3cc(-c4ccncc4)nc3s2)ccn1. The minimum Gasteiger partial charge on any atom is -0.360 e. The van der Waals surface area contributed by atoms with Crippen molar-refractivity contribution in [3.05, 3.63) is 60.8 Å². The van der Waals surface area contributed by atoms with Gasteiger partial charge in [0.25, 0.3) is 0 Å². The topological polar surface area (TPSA) is 68.0 Å². The summed E-state index contributed by atoms with van der Waals surface area (Å²) in [5, 5.41) is 8.75. The van der Waals surface area contributed by atoms with Crippen LogP contribution in [-0.4, -0.2) is 31.1 Å². The number of fused-ring (bicyclic) bond motifs is 1. The highest BCUT2D eigenvalue weighted by molar-refractivity contribution is 7.20. The van der Waals surface area contributed by atoms with Crippen molar-refractivity contribution < 1.29 is 0 Å². The molecule has 4 rings (SSSR count). The number of rotatable bonds is 5. The first-order valence-electron chi connectivity index (χ1n) is 7.28. The zero-order chi connectivity index (χ0) is 15.5. The zero-order valence-electron chi connectivity index (χ0n) is 12.3. The molecule has 4 heterocycles. The number of hydrogen-bond donors (Lipinski definition) is 1. The van der Waals surface area contributed by atoms with E-state index in [4.69, 9.17) is 0 Å². The van der Waals surface area contributed by atoms with Crippen molar-refractivity contribution in [1.29, 1.82) is 0 Å². The number of pyridine rings is 2. The molecular formula is C16H14N6S. The minimum atomic E-state index is 0.831. The molecule has 0 bridgehead atoms. The molecule has 0 aliphatic rings. The smallest absolute Gasteiger partial charge is 0.214 e. The van der Waals surface area contributed by atoms with Crippen LogP contribution in [-0.2, 0) is 6.42 Å². The predicted molar refractivity (Wildman–Crippen MR) is 90.5 cm³/mol. The molecule has 0 atom stereocenters. The summed E-state index contributed by atoms with van der Waals surface area (Å²) in [4.78, 5) is 13.5. The van der Waals surface area contributed by atoms with Crippen LogP contribution in [0.25, 0.3) is 16.2 Å². The first-order chi connectivity index (χ1) is 11.4. The highest BCUT2D eigenvalue weighted by Crippen LogP contribution is 2.23. The fourth-order valence-electron chi connectivity index (χ4n) is 2.30. The Kier molecular flexibility index (Phi) is 3.69. The summed E-state index contributed by atoms with van der Waals surface area (Å²) in [5.74, 6) is 0. The van der Waals surface area contributed by atoms with E-state index in [9.17, 15) is 0 Å². The molecule has 7 heteroatoms. The van der Waals surface area contributed by atoms with Crippen molar-refractivity contribution in [1.82, 2.24) is 24.6 Å². The van der Waals surface area contributed by atoms with Crippen LogP contribution < -0.4 is 5.32 Å². The zero-order valence-corrected chi connectivity index (χ0v) is 13.1. The molecule has 23 heavy (non-hydrogen) atoms. The molecule has 114 valence electrons. The van der Waals surface area contributed by atoms with E-state index in [0.717, 1.165) is 34.3 Å². The van der Waals surface area contributed by atoms with Gasteiger partial charge in [-0.1, -0.05) is 11.3 Å². The highest BCUT2D eigenvalue weighted by atomic mass is 32.1. The van der Waals surface area contributed by atoms with Crippen LogP contribution in [0.3, 0.4) is 0 Å². The molecule has 0 amide bonds. The van der Waals surface area contributed by atoms with Crippen molar-refractivity contribution >= 4 is 21.4 Å². The van der Waals surface area contributed by atoms with Gasteiger partial charge in [0.1, 0.15) is 0 Å². The Hall–Kier alpha value is -2.80. The van der Waals surface area contributed by atoms with Crippen LogP contribution in [0.1, 0.15) is 5.56 Å². The van der Waals surface area contributed by atoms with Gasteiger partial charge >= 0.3 is 0 Å². The fraction of sp³-hybridized carbons (Fsp3) is 0.125. The molecule has 0 aliphatic carbocycles. The molecule has 1 N–H and O–H groups in total. The Morgan fingerprint density at radius 1 is 1.00 bits per heavy atom. The number of nitrogens with one attached hydrogen (secondary N) is 1. The Labute approximate surface area is 136 Å². The molecule has 0 aliphatic heterocycles. The molecule has 0 unspecified atom stereocenters. The van der Waals surface area contributed by atoms with Crippen molar-refractivity contribution in [2.45, 2.75) is 6.42 Å². The summed E-state index contributed by atoms with van der Waals surface area (Å²) in [5.41, 5.74) is 3.22. The van der Waals surface area contributed by atoms with E-state index in [2.05, 4.69) is 25.4 Å². The summed E-state index contributed by atoms with van der Waals surface area (Å²) >= 11 is 1.55. The standard InChI is InChI=1S/C16H14N6S/c1-6-17-7-2-12(1)3-10-19-15-21-22-11-14(20-16(22)23-15)13-4-8-18-9-5-13/h1-2,4-9,11H,3,10H2,(H,19,21). The molecule has 0 saturated carbocycles. The lowest BCUT2D eigenvalue weighted by molar-refractivity contribution is 0.947. The molecule has 4 aromatic rings. The molecule has 0 saturated heterocycles. The van der Waals surface area contributed by atoms with Crippen LogP contribution in [0.5, 0.6) is 0 Å². The average molecular weight is 322 g/mol. The maximum absolute atomic E-state index is 4.61. The van der Waals surface area contributed by atoms with Crippen LogP contribution in [0.4, 0.5) is 5.13 Å². The second kappa shape index (κ2) is 6.13. The fourth-order valence-corrected chi connectivity index (χ4v) is 3.10. The lowest BCUT2D eigenvalue weighted by atomic mass is 10.2. The number of anilines is 1. The van der Waals surface area contributed by atoms with E-state index >= 15 is 0 Å². The van der Waals surface area contributed by atoms with Gasteiger partial charge in [-0.2, -0.15) is 0 Å². The second-order valence-corrected chi connectivity index (χ2v) is 5.98. The molecule has 4 aromatic heterocycles. The Morgan fingerprint density at radius 2 is 1.74 bits per heavy atom. The first-order valence-corrected chi connectivity index (χ1v) is 8.09. The molecule has 0 aromatic carbocycles. The number of nitrogens with zero attached hydrogens (tertiary/aromatic N) is 5. The number of aromatic nitrogens is 5. The number of hydrogen-bond acceptors (Lipinski definition) is 6. The van der Waals surface area contributed by atoms with Gasteiger partial charge < -0.3 is 5.32 Å². The highest BCUT2D eigenvalue weighted by Gasteiger charge is 2.09. The lowest BCUT2D eigenvalue weighted by Crippen LogP contribution is -2.04. The van der Waals surface area contributed by atoms with E-state index in [1.165, 1.54) is 5.56 Å². The first kappa shape index (κ1) is 13.8. The third-order valence-electron chi connectivity index (χ3n) is 3.46. The Bertz CT molecular complexity index is 869. The molecule has 0 fully saturated rings. The summed E-state index contributed by atoms with van der Waals surface area (Å²) in [6, 6.07) is 7.94. The normalized spacial score (nSPS) is 11.0. The van der Waals surface area contributed by atoms with E-state index in [0.29, 0.717) is 0 Å². The van der Waals surface area contributed by atoms with Crippen LogP contribution in [0.15, 0.2) is 55.2 Å². The van der Waals surface area contributed by atoms with Gasteiger partial charge in [0.2, 0.25) is 10.1 Å². The average Bonchev–Trinajstić information content (AvgIpc) is 3.15. The summed E-state index contributed by atoms with van der Waals surface area (Å²) in [6.07, 6.45) is 10.0. The summed E-state index contributed by atoms with van der Waals surface area (Å²) in [7, 11) is 0. The maximum Gasteiger partial charge on any atom is 0.214 e. The van der Waals surface area contributed by atoms with Crippen molar-refractivity contribution in [3.8, 4) is 11.3 Å². The van der Waals surface area contributed by atoms with Crippen LogP contribution >= 0.6 is 11.3 Å². The van der Waals surface area contributed by atoms with E-state index in [1.807, 2.05) is 47.4 Å². The van der Waals surface area contributed by atoms with Gasteiger partial charge in [0.15, 0.2) is 0 Å². The van der Waals surface area contributed by atoms with Crippen LogP contribution in [0.2, 0.25) is 0 Å². The molecule has 0 spiro atoms. The van der Waals surface area contributed by atoms with E-state index in [1.54, 1.807) is 23.7 Å². The van der Waals surface area contributed by atoms with E-state index in [-0.39, 0.29) is 0 Å². The molecular weight excluding hydrogens is 308 g/mol. The van der Waals surface area contributed by atoms with Gasteiger partial charge in [-0.3, -0.25) is 9.97 Å². The van der Waals surface area contributed by atoms with Gasteiger partial charge in [-0.25, -0.2) is 9.50 Å². The quantitative estimate of drug-likeness (QED) is 0.612. The summed E-state index contributed by atoms with van der Waals surface area (Å²) < 4.78 is 1.81. The Morgan fingerprint density at radius 3 is 2.48 bits per heavy atom. The maximum atomic E-state index is 4.61. The predicted octanol–water partition coefficient (Wildman–Crippen LogP) is 2.90. The van der Waals surface area contributed by atoms with Crippen LogP contribution in [0, 0.1) is 0 Å². The largest absolute Gasteiger partial charge is 0.360 e. The molecule has 6 nitrogen and oxygen atoms in total. The van der Waals surface area contributed by atoms with E-state index < -0.39 is 0 Å². The van der Waals surface area contributed by atoms with Gasteiger partial charge in [0.05, 0.1) is 11.9 Å². The summed E-state index contributed by atoms with van der Waals surface area (Å²) in [6.45, 7) is 0.831. The Balaban J connectivity index is 1.44. The van der Waals surface area contributed by atoms with Gasteiger partial charge in [0, 0.05) is 36.9 Å². The minimum absolute atomic E-state index is 0.831. The second-order valence-electron chi connectivity index (χ2n) is 5.03. The van der Waals surface area contributed by atoms with Crippen molar-refractivity contribution in [2.24, 2.45) is 0 Å². The third-order valence-corrected chi connectivity index (χ3v) is 4.34. The monoisotopic (exact) mass is 322 g/mol. The number of imidazole rings is 1. The van der Waals surface area contributed by atoms with Crippen molar-refractivity contribution in [3.63, 3.8) is 0 Å². The third kappa shape index (κ3) is 3.04. The van der Waals surface area contributed by atoms with Gasteiger partial charge in [-0.05, 0) is 36.2 Å².